The van der Waals surface area contributed by atoms with Gasteiger partial charge in [-0.05, 0) is 17.7 Å². The van der Waals surface area contributed by atoms with E-state index in [-0.39, 0.29) is 12.7 Å². The lowest BCUT2D eigenvalue weighted by Gasteiger charge is -2.07. The Labute approximate surface area is 84.3 Å². The van der Waals surface area contributed by atoms with Gasteiger partial charge < -0.3 is 9.84 Å². The zero-order valence-corrected chi connectivity index (χ0v) is 7.66. The van der Waals surface area contributed by atoms with Crippen LogP contribution in [0.4, 0.5) is 13.2 Å². The number of aliphatic hydroxyl groups is 1. The molecule has 0 bridgehead atoms. The van der Waals surface area contributed by atoms with Gasteiger partial charge in [0.2, 0.25) is 0 Å². The number of ether oxygens (including phenoxy) is 1. The number of aliphatic hydroxyl groups excluding tert-OH is 1. The Kier molecular flexibility index (Phi) is 2.44. The van der Waals surface area contributed by atoms with Crippen molar-refractivity contribution < 1.29 is 23.0 Å². The third-order valence-electron chi connectivity index (χ3n) is 2.30. The Morgan fingerprint density at radius 2 is 2.07 bits per heavy atom. The van der Waals surface area contributed by atoms with Gasteiger partial charge in [0, 0.05) is 0 Å². The van der Waals surface area contributed by atoms with Crippen molar-refractivity contribution in [1.82, 2.24) is 0 Å². The summed E-state index contributed by atoms with van der Waals surface area (Å²) < 4.78 is 42.0. The minimum Gasteiger partial charge on any atom is -0.394 e. The monoisotopic (exact) mass is 218 g/mol. The number of epoxide rings is 1. The van der Waals surface area contributed by atoms with Gasteiger partial charge in [-0.25, -0.2) is 0 Å². The summed E-state index contributed by atoms with van der Waals surface area (Å²) in [7, 11) is 0. The molecule has 1 aliphatic rings. The summed E-state index contributed by atoms with van der Waals surface area (Å²) in [4.78, 5) is 0. The molecule has 1 aromatic rings. The summed E-state index contributed by atoms with van der Waals surface area (Å²) in [6, 6.07) is 4.98. The maximum atomic E-state index is 12.3. The fourth-order valence-corrected chi connectivity index (χ4v) is 1.47. The second kappa shape index (κ2) is 3.50. The lowest BCUT2D eigenvalue weighted by molar-refractivity contribution is -0.137. The standard InChI is InChI=1S/C10H9F3O2/c11-10(12,13)7-3-1-2-6(4-7)9-8(5-14)15-9/h1-4,8-9,14H,5H2. The molecule has 0 aromatic heterocycles. The molecule has 2 atom stereocenters. The Bertz CT molecular complexity index is 362. The van der Waals surface area contributed by atoms with E-state index in [0.29, 0.717) is 5.56 Å². The van der Waals surface area contributed by atoms with Crippen LogP contribution in [0.3, 0.4) is 0 Å². The number of hydrogen-bond donors (Lipinski definition) is 1. The van der Waals surface area contributed by atoms with Crippen LogP contribution in [0.1, 0.15) is 17.2 Å². The molecular weight excluding hydrogens is 209 g/mol. The minimum absolute atomic E-state index is 0.166. The van der Waals surface area contributed by atoms with Gasteiger partial charge in [-0.1, -0.05) is 12.1 Å². The Morgan fingerprint density at radius 3 is 2.60 bits per heavy atom. The van der Waals surface area contributed by atoms with Crippen LogP contribution in [-0.2, 0) is 10.9 Å². The number of halogens is 3. The average Bonchev–Trinajstić information content (AvgIpc) is 2.95. The highest BCUT2D eigenvalue weighted by Gasteiger charge is 2.40. The van der Waals surface area contributed by atoms with Crippen molar-refractivity contribution in [2.24, 2.45) is 0 Å². The molecular formula is C10H9F3O2. The van der Waals surface area contributed by atoms with Crippen LogP contribution in [0, 0.1) is 0 Å². The molecule has 1 saturated heterocycles. The normalized spacial score (nSPS) is 25.3. The van der Waals surface area contributed by atoms with Gasteiger partial charge in [0.25, 0.3) is 0 Å². The van der Waals surface area contributed by atoms with Crippen molar-refractivity contribution in [3.8, 4) is 0 Å². The van der Waals surface area contributed by atoms with E-state index in [1.807, 2.05) is 0 Å². The van der Waals surface area contributed by atoms with Crippen molar-refractivity contribution >= 4 is 0 Å². The molecule has 1 heterocycles. The molecule has 1 fully saturated rings. The molecule has 2 rings (SSSR count). The number of rotatable bonds is 2. The lowest BCUT2D eigenvalue weighted by Crippen LogP contribution is -2.05. The third-order valence-corrected chi connectivity index (χ3v) is 2.30. The van der Waals surface area contributed by atoms with Gasteiger partial charge in [0.1, 0.15) is 12.2 Å². The molecule has 0 radical (unpaired) electrons. The minimum atomic E-state index is -4.33. The van der Waals surface area contributed by atoms with Crippen LogP contribution < -0.4 is 0 Å². The van der Waals surface area contributed by atoms with E-state index in [0.717, 1.165) is 12.1 Å². The largest absolute Gasteiger partial charge is 0.416 e. The number of benzene rings is 1. The van der Waals surface area contributed by atoms with Gasteiger partial charge >= 0.3 is 6.18 Å². The molecule has 15 heavy (non-hydrogen) atoms. The van der Waals surface area contributed by atoms with Crippen LogP contribution in [0.25, 0.3) is 0 Å². The highest BCUT2D eigenvalue weighted by atomic mass is 19.4. The quantitative estimate of drug-likeness (QED) is 0.771. The molecule has 0 spiro atoms. The van der Waals surface area contributed by atoms with E-state index in [1.54, 1.807) is 6.07 Å². The summed E-state index contributed by atoms with van der Waals surface area (Å²) in [6.07, 6.45) is -5.08. The van der Waals surface area contributed by atoms with Crippen LogP contribution >= 0.6 is 0 Å². The zero-order chi connectivity index (χ0) is 11.1. The number of alkyl halides is 3. The van der Waals surface area contributed by atoms with Crippen LogP contribution in [0.15, 0.2) is 24.3 Å². The first-order valence-electron chi connectivity index (χ1n) is 4.46. The van der Waals surface area contributed by atoms with E-state index in [9.17, 15) is 13.2 Å². The highest BCUT2D eigenvalue weighted by Crippen LogP contribution is 2.40. The van der Waals surface area contributed by atoms with Crippen LogP contribution in [0.5, 0.6) is 0 Å². The number of hydrogen-bond acceptors (Lipinski definition) is 2. The molecule has 1 aliphatic heterocycles. The first-order chi connectivity index (χ1) is 7.02. The first-order valence-corrected chi connectivity index (χ1v) is 4.46. The third kappa shape index (κ3) is 2.13. The fourth-order valence-electron chi connectivity index (χ4n) is 1.47. The second-order valence-corrected chi connectivity index (χ2v) is 3.40. The summed E-state index contributed by atoms with van der Waals surface area (Å²) in [5, 5.41) is 8.72. The van der Waals surface area contributed by atoms with Crippen molar-refractivity contribution in [2.45, 2.75) is 18.4 Å². The second-order valence-electron chi connectivity index (χ2n) is 3.40. The van der Waals surface area contributed by atoms with Gasteiger partial charge in [0.05, 0.1) is 12.2 Å². The Morgan fingerprint density at radius 1 is 1.33 bits per heavy atom. The first kappa shape index (κ1) is 10.4. The lowest BCUT2D eigenvalue weighted by atomic mass is 10.1. The van der Waals surface area contributed by atoms with Gasteiger partial charge in [-0.15, -0.1) is 0 Å². The molecule has 82 valence electrons. The summed E-state index contributed by atoms with van der Waals surface area (Å²) in [6.45, 7) is -0.166. The maximum Gasteiger partial charge on any atom is 0.416 e. The Balaban J connectivity index is 2.21. The molecule has 0 amide bonds. The van der Waals surface area contributed by atoms with Gasteiger partial charge in [0.15, 0.2) is 0 Å². The van der Waals surface area contributed by atoms with Gasteiger partial charge in [-0.2, -0.15) is 13.2 Å². The van der Waals surface area contributed by atoms with Crippen LogP contribution in [0.2, 0.25) is 0 Å². The van der Waals surface area contributed by atoms with E-state index in [4.69, 9.17) is 9.84 Å². The summed E-state index contributed by atoms with van der Waals surface area (Å²) in [5.41, 5.74) is -0.226. The molecule has 1 N–H and O–H groups in total. The van der Waals surface area contributed by atoms with Crippen LogP contribution in [-0.4, -0.2) is 17.8 Å². The molecule has 5 heteroatoms. The maximum absolute atomic E-state index is 12.3. The summed E-state index contributed by atoms with van der Waals surface area (Å²) in [5.74, 6) is 0. The molecule has 2 unspecified atom stereocenters. The van der Waals surface area contributed by atoms with Crippen molar-refractivity contribution in [3.63, 3.8) is 0 Å². The summed E-state index contributed by atoms with van der Waals surface area (Å²) >= 11 is 0. The average molecular weight is 218 g/mol. The van der Waals surface area contributed by atoms with E-state index in [1.165, 1.54) is 6.07 Å². The molecule has 2 nitrogen and oxygen atoms in total. The molecule has 0 aliphatic carbocycles. The predicted molar refractivity (Wildman–Crippen MR) is 46.1 cm³/mol. The molecule has 1 aromatic carbocycles. The van der Waals surface area contributed by atoms with Crippen molar-refractivity contribution in [2.75, 3.05) is 6.61 Å². The Hall–Kier alpha value is -1.07. The van der Waals surface area contributed by atoms with E-state index >= 15 is 0 Å². The van der Waals surface area contributed by atoms with E-state index in [2.05, 4.69) is 0 Å². The van der Waals surface area contributed by atoms with Crippen molar-refractivity contribution in [1.29, 1.82) is 0 Å². The smallest absolute Gasteiger partial charge is 0.394 e. The zero-order valence-electron chi connectivity index (χ0n) is 7.66. The SMILES string of the molecule is OCC1OC1c1cccc(C(F)(F)F)c1. The predicted octanol–water partition coefficient (Wildman–Crippen LogP) is 2.14. The molecule has 0 saturated carbocycles. The van der Waals surface area contributed by atoms with Gasteiger partial charge in [-0.3, -0.25) is 0 Å². The topological polar surface area (TPSA) is 32.8 Å². The highest BCUT2D eigenvalue weighted by molar-refractivity contribution is 5.29. The fraction of sp³-hybridized carbons (Fsp3) is 0.400. The van der Waals surface area contributed by atoms with E-state index < -0.39 is 17.8 Å². The van der Waals surface area contributed by atoms with Crippen molar-refractivity contribution in [3.05, 3.63) is 35.4 Å².